The van der Waals surface area contributed by atoms with Crippen LogP contribution in [0.25, 0.3) is 0 Å². The average molecular weight is 262 g/mol. The van der Waals surface area contributed by atoms with Crippen LogP contribution in [-0.2, 0) is 11.3 Å². The van der Waals surface area contributed by atoms with Gasteiger partial charge in [-0.2, -0.15) is 0 Å². The summed E-state index contributed by atoms with van der Waals surface area (Å²) in [7, 11) is 0. The highest BCUT2D eigenvalue weighted by Gasteiger charge is 2.16. The number of benzene rings is 1. The number of nitrogens with one attached hydrogen (secondary N) is 1. The first-order valence-corrected chi connectivity index (χ1v) is 6.40. The zero-order chi connectivity index (χ0) is 14.3. The van der Waals surface area contributed by atoms with Gasteiger partial charge in [-0.1, -0.05) is 30.3 Å². The van der Waals surface area contributed by atoms with Crippen molar-refractivity contribution in [1.82, 2.24) is 5.32 Å². The predicted molar refractivity (Wildman–Crippen MR) is 77.5 cm³/mol. The maximum atomic E-state index is 11.5. The van der Waals surface area contributed by atoms with E-state index in [1.807, 2.05) is 58.0 Å². The monoisotopic (exact) mass is 262 g/mol. The molecule has 0 heterocycles. The molecular weight excluding hydrogens is 240 g/mol. The summed E-state index contributed by atoms with van der Waals surface area (Å²) in [5.74, 6) is 0. The fourth-order valence-corrected chi connectivity index (χ4v) is 1.43. The number of aliphatic imine (C=N–C) groups is 1. The van der Waals surface area contributed by atoms with E-state index in [-0.39, 0.29) is 6.04 Å². The van der Waals surface area contributed by atoms with Gasteiger partial charge >= 0.3 is 6.09 Å². The minimum atomic E-state index is -0.481. The zero-order valence-electron chi connectivity index (χ0n) is 12.0. The molecule has 4 nitrogen and oxygen atoms in total. The van der Waals surface area contributed by atoms with E-state index in [4.69, 9.17) is 4.74 Å². The molecule has 0 radical (unpaired) electrons. The van der Waals surface area contributed by atoms with Crippen molar-refractivity contribution >= 4 is 12.3 Å². The van der Waals surface area contributed by atoms with Crippen molar-refractivity contribution in [3.8, 4) is 0 Å². The van der Waals surface area contributed by atoms with Gasteiger partial charge < -0.3 is 10.1 Å². The summed E-state index contributed by atoms with van der Waals surface area (Å²) in [5, 5.41) is 2.71. The molecule has 1 rings (SSSR count). The maximum absolute atomic E-state index is 11.5. The Morgan fingerprint density at radius 2 is 2.00 bits per heavy atom. The maximum Gasteiger partial charge on any atom is 0.408 e. The summed E-state index contributed by atoms with van der Waals surface area (Å²) in [6.45, 7) is 7.97. The highest BCUT2D eigenvalue weighted by Crippen LogP contribution is 2.06. The number of hydrogen-bond acceptors (Lipinski definition) is 3. The van der Waals surface area contributed by atoms with Crippen LogP contribution in [0.4, 0.5) is 4.79 Å². The van der Waals surface area contributed by atoms with Crippen LogP contribution >= 0.6 is 0 Å². The number of carbonyl (C=O) groups is 1. The molecule has 1 aromatic carbocycles. The summed E-state index contributed by atoms with van der Waals surface area (Å²) < 4.78 is 5.16. The molecule has 0 aliphatic heterocycles. The molecule has 19 heavy (non-hydrogen) atoms. The minimum Gasteiger partial charge on any atom is -0.444 e. The molecule has 0 unspecified atom stereocenters. The number of ether oxygens (including phenoxy) is 1. The molecule has 0 fully saturated rings. The van der Waals surface area contributed by atoms with E-state index in [9.17, 15) is 4.79 Å². The molecule has 0 bridgehead atoms. The molecule has 1 amide bonds. The van der Waals surface area contributed by atoms with Crippen LogP contribution < -0.4 is 5.32 Å². The van der Waals surface area contributed by atoms with E-state index in [1.165, 1.54) is 0 Å². The van der Waals surface area contributed by atoms with Gasteiger partial charge in [0.05, 0.1) is 12.6 Å². The van der Waals surface area contributed by atoms with E-state index < -0.39 is 11.7 Å². The standard InChI is InChI=1S/C15H22N2O2/c1-12(17-14(18)19-15(2,3)4)10-16-11-13-8-6-5-7-9-13/h5-10,12H,11H2,1-4H3,(H,17,18)/t12-/m0/s1. The van der Waals surface area contributed by atoms with Gasteiger partial charge in [0.1, 0.15) is 5.60 Å². The van der Waals surface area contributed by atoms with Gasteiger partial charge in [-0.15, -0.1) is 0 Å². The molecular formula is C15H22N2O2. The van der Waals surface area contributed by atoms with Gasteiger partial charge in [0.25, 0.3) is 0 Å². The second-order valence-corrected chi connectivity index (χ2v) is 5.41. The molecule has 104 valence electrons. The van der Waals surface area contributed by atoms with Crippen molar-refractivity contribution < 1.29 is 9.53 Å². The minimum absolute atomic E-state index is 0.154. The number of amides is 1. The SMILES string of the molecule is C[C@@H](C=NCc1ccccc1)NC(=O)OC(C)(C)C. The lowest BCUT2D eigenvalue weighted by Crippen LogP contribution is -2.38. The van der Waals surface area contributed by atoms with Crippen LogP contribution in [0, 0.1) is 0 Å². The first kappa shape index (κ1) is 15.2. The van der Waals surface area contributed by atoms with Crippen LogP contribution in [0.3, 0.4) is 0 Å². The van der Waals surface area contributed by atoms with Gasteiger partial charge in [0.15, 0.2) is 0 Å². The summed E-state index contributed by atoms with van der Waals surface area (Å²) in [6, 6.07) is 9.81. The Balaban J connectivity index is 2.35. The van der Waals surface area contributed by atoms with Gasteiger partial charge in [0.2, 0.25) is 0 Å². The number of rotatable bonds is 4. The first-order valence-electron chi connectivity index (χ1n) is 6.40. The van der Waals surface area contributed by atoms with E-state index in [0.29, 0.717) is 6.54 Å². The first-order chi connectivity index (χ1) is 8.87. The highest BCUT2D eigenvalue weighted by atomic mass is 16.6. The van der Waals surface area contributed by atoms with E-state index in [2.05, 4.69) is 10.3 Å². The third kappa shape index (κ3) is 7.24. The lowest BCUT2D eigenvalue weighted by atomic mass is 10.2. The largest absolute Gasteiger partial charge is 0.444 e. The lowest BCUT2D eigenvalue weighted by Gasteiger charge is -2.20. The molecule has 1 N–H and O–H groups in total. The Morgan fingerprint density at radius 3 is 2.58 bits per heavy atom. The van der Waals surface area contributed by atoms with Gasteiger partial charge in [-0.3, -0.25) is 4.99 Å². The second kappa shape index (κ2) is 6.92. The van der Waals surface area contributed by atoms with Crippen LogP contribution in [0.5, 0.6) is 0 Å². The van der Waals surface area contributed by atoms with Crippen molar-refractivity contribution in [3.63, 3.8) is 0 Å². The molecule has 0 aromatic heterocycles. The molecule has 0 saturated heterocycles. The molecule has 0 saturated carbocycles. The normalized spacial score (nSPS) is 13.3. The topological polar surface area (TPSA) is 50.7 Å². The summed E-state index contributed by atoms with van der Waals surface area (Å²) in [6.07, 6.45) is 1.29. The van der Waals surface area contributed by atoms with Crippen LogP contribution in [0.2, 0.25) is 0 Å². The number of nitrogens with zero attached hydrogens (tertiary/aromatic N) is 1. The summed E-state index contributed by atoms with van der Waals surface area (Å²) in [5.41, 5.74) is 0.661. The van der Waals surface area contributed by atoms with Crippen molar-refractivity contribution in [2.45, 2.75) is 45.9 Å². The molecule has 4 heteroatoms. The molecule has 1 aromatic rings. The van der Waals surface area contributed by atoms with Crippen molar-refractivity contribution in [1.29, 1.82) is 0 Å². The van der Waals surface area contributed by atoms with Gasteiger partial charge in [-0.05, 0) is 33.3 Å². The van der Waals surface area contributed by atoms with Gasteiger partial charge in [-0.25, -0.2) is 4.79 Å². The number of carbonyl (C=O) groups excluding carboxylic acids is 1. The van der Waals surface area contributed by atoms with E-state index in [0.717, 1.165) is 5.56 Å². The smallest absolute Gasteiger partial charge is 0.408 e. The predicted octanol–water partition coefficient (Wildman–Crippen LogP) is 3.17. The Bertz CT molecular complexity index is 422. The van der Waals surface area contributed by atoms with Crippen molar-refractivity contribution in [2.24, 2.45) is 4.99 Å². The fourth-order valence-electron chi connectivity index (χ4n) is 1.43. The third-order valence-corrected chi connectivity index (χ3v) is 2.19. The Morgan fingerprint density at radius 1 is 1.37 bits per heavy atom. The van der Waals surface area contributed by atoms with Crippen LogP contribution in [0.1, 0.15) is 33.3 Å². The number of alkyl carbamates (subject to hydrolysis) is 1. The van der Waals surface area contributed by atoms with Crippen molar-refractivity contribution in [3.05, 3.63) is 35.9 Å². The van der Waals surface area contributed by atoms with E-state index in [1.54, 1.807) is 6.21 Å². The summed E-state index contributed by atoms with van der Waals surface area (Å²) >= 11 is 0. The van der Waals surface area contributed by atoms with Crippen LogP contribution in [0.15, 0.2) is 35.3 Å². The van der Waals surface area contributed by atoms with Crippen molar-refractivity contribution in [2.75, 3.05) is 0 Å². The van der Waals surface area contributed by atoms with Gasteiger partial charge in [0, 0.05) is 6.21 Å². The third-order valence-electron chi connectivity index (χ3n) is 2.19. The zero-order valence-corrected chi connectivity index (χ0v) is 12.0. The lowest BCUT2D eigenvalue weighted by molar-refractivity contribution is 0.0522. The molecule has 0 aliphatic carbocycles. The Labute approximate surface area is 114 Å². The van der Waals surface area contributed by atoms with Crippen LogP contribution in [-0.4, -0.2) is 24.0 Å². The number of hydrogen-bond donors (Lipinski definition) is 1. The highest BCUT2D eigenvalue weighted by molar-refractivity contribution is 5.75. The molecule has 0 spiro atoms. The summed E-state index contributed by atoms with van der Waals surface area (Å²) in [4.78, 5) is 15.8. The molecule has 0 aliphatic rings. The Kier molecular flexibility index (Phi) is 5.55. The molecule has 1 atom stereocenters. The fraction of sp³-hybridized carbons (Fsp3) is 0.467. The second-order valence-electron chi connectivity index (χ2n) is 5.41. The average Bonchev–Trinajstić information content (AvgIpc) is 2.27. The van der Waals surface area contributed by atoms with E-state index >= 15 is 0 Å². The Hall–Kier alpha value is -1.84. The quantitative estimate of drug-likeness (QED) is 0.847.